The fourth-order valence-corrected chi connectivity index (χ4v) is 2.74. The van der Waals surface area contributed by atoms with Gasteiger partial charge in [0.15, 0.2) is 0 Å². The second-order valence-electron chi connectivity index (χ2n) is 10.4. The SMILES string of the molecule is CC#CC#CC#CC#CC#CC#CC#CC#CC#CC#CC#CC#CC#CC#CC#CC#CC#CC#CC#CC#CC#CC#CC#CC#CC#CC#CC#CC#CC#CC.CC(C)/C=C\C(C)COP.[3HH]. The molecule has 0 N–H and O–H groups in total. The maximum absolute atomic E-state index is 4.90. The molecule has 0 saturated carbocycles. The molecule has 0 spiro atoms. The minimum absolute atomic E-state index is 0. The predicted molar refractivity (Wildman–Crippen MR) is 288 cm³/mol. The van der Waals surface area contributed by atoms with Gasteiger partial charge in [0.25, 0.3) is 0 Å². The van der Waals surface area contributed by atoms with Crippen molar-refractivity contribution in [2.45, 2.75) is 34.6 Å². The van der Waals surface area contributed by atoms with Gasteiger partial charge in [-0.25, -0.2) is 0 Å². The highest BCUT2D eigenvalue weighted by atomic mass is 31.0. The molecule has 1 nitrogen and oxygen atoms in total. The van der Waals surface area contributed by atoms with Crippen LogP contribution >= 0.6 is 9.47 Å². The van der Waals surface area contributed by atoms with Crippen molar-refractivity contribution < 1.29 is 5.95 Å². The molecule has 0 fully saturated rings. The highest BCUT2D eigenvalue weighted by Crippen LogP contribution is 2.03. The first kappa shape index (κ1) is 59.5. The molecule has 2 heteroatoms. The minimum Gasteiger partial charge on any atom is -0.365 e. The molecule has 0 aliphatic rings. The quantitative estimate of drug-likeness (QED) is 0.236. The molecule has 0 bridgehead atoms. The fraction of sp³-hybridized carbons (Fsp3) is 0.118. The summed E-state index contributed by atoms with van der Waals surface area (Å²) in [5.41, 5.74) is 0. The van der Waals surface area contributed by atoms with Crippen LogP contribution in [0.4, 0.5) is 0 Å². The van der Waals surface area contributed by atoms with Crippen LogP contribution in [-0.4, -0.2) is 6.61 Å². The standard InChI is InChI=1S/C60H6.C8H17OP.H2/c1-3-5-7-9-11-13-15-17-19-21-23-25-27-29-31-33-35-37-39-41-43-45-47-49-51-53-55-57-59-60-58-56-54-52-50-48-46-44-42-40-38-36-34-32-30-28-26-24-22-20-18-16-14-12-10-8-6-4-2;1-7(2)4-5-8(3)6-9-10;/h1-2H3;4-5,7-8H,6,10H2,1-3H3;1H/b;5-4-;/i;;1+2. The zero-order valence-electron chi connectivity index (χ0n) is 38.0. The van der Waals surface area contributed by atoms with Crippen molar-refractivity contribution in [1.29, 1.82) is 0 Å². The summed E-state index contributed by atoms with van der Waals surface area (Å²) in [5.74, 6) is 147. The molecule has 2 unspecified atom stereocenters. The molecule has 0 aliphatic carbocycles. The van der Waals surface area contributed by atoms with Crippen molar-refractivity contribution in [1.82, 2.24) is 0 Å². The Kier molecular flexibility index (Phi) is 47.9. The van der Waals surface area contributed by atoms with Crippen LogP contribution in [0.2, 0.25) is 0 Å². The number of hydrogen-bond donors (Lipinski definition) is 0. The van der Waals surface area contributed by atoms with Crippen molar-refractivity contribution >= 4 is 9.47 Å². The van der Waals surface area contributed by atoms with Gasteiger partial charge in [-0.05, 0) is 120 Å². The smallest absolute Gasteiger partial charge is 0.0562 e. The molecular weight excluding hydrogens is 864 g/mol. The van der Waals surface area contributed by atoms with E-state index in [4.69, 9.17) is 4.52 Å². The highest BCUT2D eigenvalue weighted by molar-refractivity contribution is 7.09. The molecule has 0 radical (unpaired) electrons. The van der Waals surface area contributed by atoms with E-state index in [1.165, 1.54) is 0 Å². The predicted octanol–water partition coefficient (Wildman–Crippen LogP) is 4.01. The lowest BCUT2D eigenvalue weighted by Crippen LogP contribution is -1.96. The molecule has 0 saturated heterocycles. The summed E-state index contributed by atoms with van der Waals surface area (Å²) < 4.78 is 4.90. The molecule has 0 aromatic heterocycles. The summed E-state index contributed by atoms with van der Waals surface area (Å²) in [5, 5.41) is 0. The molecule has 0 aromatic carbocycles. The van der Waals surface area contributed by atoms with Gasteiger partial charge in [0.05, 0.1) is 6.61 Å². The Morgan fingerprint density at radius 1 is 0.257 bits per heavy atom. The van der Waals surface area contributed by atoms with Gasteiger partial charge in [-0.15, -0.1) is 0 Å². The lowest BCUT2D eigenvalue weighted by Gasteiger charge is -2.03. The second-order valence-corrected chi connectivity index (χ2v) is 10.8. The van der Waals surface area contributed by atoms with Crippen molar-refractivity contribution in [3.8, 4) is 343 Å². The third-order valence-electron chi connectivity index (χ3n) is 4.87. The number of rotatable bonds is 4. The first-order valence-electron chi connectivity index (χ1n) is 18.9. The largest absolute Gasteiger partial charge is 0.365 e. The van der Waals surface area contributed by atoms with Crippen LogP contribution in [0.3, 0.4) is 0 Å². The van der Waals surface area contributed by atoms with E-state index < -0.39 is 0 Å². The van der Waals surface area contributed by atoms with E-state index in [-0.39, 0.29) is 1.43 Å². The first-order chi connectivity index (χ1) is 34.6. The third kappa shape index (κ3) is 59.7. The van der Waals surface area contributed by atoms with Gasteiger partial charge >= 0.3 is 0 Å². The third-order valence-corrected chi connectivity index (χ3v) is 5.06. The van der Waals surface area contributed by atoms with Gasteiger partial charge < -0.3 is 4.52 Å². The molecule has 70 heavy (non-hydrogen) atoms. The van der Waals surface area contributed by atoms with Gasteiger partial charge in [0.2, 0.25) is 0 Å². The van der Waals surface area contributed by atoms with Gasteiger partial charge in [0, 0.05) is 248 Å². The summed E-state index contributed by atoms with van der Waals surface area (Å²) in [4.78, 5) is 0. The Bertz CT molecular complexity index is 3780. The Labute approximate surface area is 421 Å². The van der Waals surface area contributed by atoms with E-state index in [0.717, 1.165) is 6.61 Å². The highest BCUT2D eigenvalue weighted by Gasteiger charge is 1.94. The first-order valence-corrected chi connectivity index (χ1v) is 19.4. The van der Waals surface area contributed by atoms with Crippen LogP contribution in [0.5, 0.6) is 0 Å². The average molecular weight is 891 g/mol. The Balaban J connectivity index is -0.00000375. The van der Waals surface area contributed by atoms with Crippen molar-refractivity contribution in [3.05, 3.63) is 12.2 Å². The molecule has 2 atom stereocenters. The molecule has 308 valence electrons. The van der Waals surface area contributed by atoms with E-state index in [1.54, 1.807) is 13.8 Å². The zero-order chi connectivity index (χ0) is 51.0. The molecular formula is C68H25OP. The molecule has 0 heterocycles. The van der Waals surface area contributed by atoms with Gasteiger partial charge in [-0.3, -0.25) is 0 Å². The normalized spacial score (nSPS) is 5.53. The summed E-state index contributed by atoms with van der Waals surface area (Å²) in [6.45, 7) is 10.6. The van der Waals surface area contributed by atoms with Crippen LogP contribution in [0.1, 0.15) is 36.0 Å². The average Bonchev–Trinajstić information content (AvgIpc) is 3.36. The zero-order valence-corrected chi connectivity index (χ0v) is 39.2. The molecule has 0 aliphatic heterocycles. The Hall–Kier alpha value is -12.6. The van der Waals surface area contributed by atoms with E-state index in [2.05, 4.69) is 386 Å². The summed E-state index contributed by atoms with van der Waals surface area (Å²) in [6.07, 6.45) is 4.39. The van der Waals surface area contributed by atoms with Gasteiger partial charge in [0.1, 0.15) is 0 Å². The molecule has 0 aromatic rings. The Morgan fingerprint density at radius 2 is 0.386 bits per heavy atom. The monoisotopic (exact) mass is 890 g/mol. The summed E-state index contributed by atoms with van der Waals surface area (Å²) >= 11 is 0. The van der Waals surface area contributed by atoms with Crippen LogP contribution in [-0.2, 0) is 4.52 Å². The molecule has 0 rings (SSSR count). The number of hydrogen-bond acceptors (Lipinski definition) is 1. The summed E-state index contributed by atoms with van der Waals surface area (Å²) in [7, 11) is 2.26. The lowest BCUT2D eigenvalue weighted by atomic mass is 10.1. The molecule has 0 amide bonds. The van der Waals surface area contributed by atoms with E-state index in [1.807, 2.05) is 0 Å². The fourth-order valence-electron chi connectivity index (χ4n) is 2.43. The van der Waals surface area contributed by atoms with Gasteiger partial charge in [-0.2, -0.15) is 0 Å². The maximum Gasteiger partial charge on any atom is 0.0562 e. The van der Waals surface area contributed by atoms with E-state index in [0.29, 0.717) is 11.8 Å². The van der Waals surface area contributed by atoms with E-state index >= 15 is 0 Å². The summed E-state index contributed by atoms with van der Waals surface area (Å²) in [6, 6.07) is 0. The minimum atomic E-state index is 0. The maximum atomic E-state index is 4.90. The topological polar surface area (TPSA) is 9.23 Å². The number of allylic oxidation sites excluding steroid dienone is 1. The van der Waals surface area contributed by atoms with Crippen molar-refractivity contribution in [2.75, 3.05) is 6.61 Å². The van der Waals surface area contributed by atoms with Crippen molar-refractivity contribution in [3.63, 3.8) is 0 Å². The van der Waals surface area contributed by atoms with Crippen LogP contribution in [0.25, 0.3) is 0 Å². The van der Waals surface area contributed by atoms with E-state index in [9.17, 15) is 0 Å². The lowest BCUT2D eigenvalue weighted by molar-refractivity contribution is 0.330. The second kappa shape index (κ2) is 56.4. The van der Waals surface area contributed by atoms with Crippen LogP contribution < -0.4 is 0 Å². The van der Waals surface area contributed by atoms with Gasteiger partial charge in [-0.1, -0.05) is 44.8 Å². The Morgan fingerprint density at radius 3 is 0.486 bits per heavy atom. The van der Waals surface area contributed by atoms with Crippen LogP contribution in [0, 0.1) is 355 Å². The van der Waals surface area contributed by atoms with Crippen molar-refractivity contribution in [2.24, 2.45) is 11.8 Å². The van der Waals surface area contributed by atoms with Crippen LogP contribution in [0.15, 0.2) is 12.2 Å².